The zero-order valence-electron chi connectivity index (χ0n) is 17.0. The molecule has 3 rings (SSSR count). The number of benzene rings is 2. The maximum absolute atomic E-state index is 13.1. The Kier molecular flexibility index (Phi) is 7.64. The summed E-state index contributed by atoms with van der Waals surface area (Å²) < 4.78 is 78.8. The van der Waals surface area contributed by atoms with E-state index >= 15 is 0 Å². The van der Waals surface area contributed by atoms with Crippen LogP contribution in [0.5, 0.6) is 0 Å². The highest BCUT2D eigenvalue weighted by molar-refractivity contribution is 6.48. The van der Waals surface area contributed by atoms with Gasteiger partial charge in [-0.15, -0.1) is 0 Å². The number of alkyl halides is 6. The highest BCUT2D eigenvalue weighted by Crippen LogP contribution is 2.37. The van der Waals surface area contributed by atoms with Crippen molar-refractivity contribution in [1.29, 1.82) is 0 Å². The quantitative estimate of drug-likeness (QED) is 0.327. The summed E-state index contributed by atoms with van der Waals surface area (Å²) in [5, 5.41) is 2.85. The van der Waals surface area contributed by atoms with Crippen molar-refractivity contribution >= 4 is 52.3 Å². The number of carbonyl (C=O) groups excluding carboxylic acids is 2. The number of likely N-dealkylation sites (tertiary alicyclic amines) is 1. The molecule has 1 unspecified atom stereocenters. The molecule has 184 valence electrons. The van der Waals surface area contributed by atoms with Gasteiger partial charge in [0.05, 0.1) is 32.1 Å². The minimum absolute atomic E-state index is 0.0500. The minimum Gasteiger partial charge on any atom is -0.338 e. The van der Waals surface area contributed by atoms with Gasteiger partial charge in [-0.25, -0.2) is 0 Å². The highest BCUT2D eigenvalue weighted by Gasteiger charge is 2.38. The van der Waals surface area contributed by atoms with E-state index in [4.69, 9.17) is 34.8 Å². The van der Waals surface area contributed by atoms with Crippen LogP contribution in [0.15, 0.2) is 30.3 Å². The summed E-state index contributed by atoms with van der Waals surface area (Å²) >= 11 is 17.7. The highest BCUT2D eigenvalue weighted by atomic mass is 35.5. The van der Waals surface area contributed by atoms with Gasteiger partial charge in [-0.2, -0.15) is 26.3 Å². The summed E-state index contributed by atoms with van der Waals surface area (Å²) in [7, 11) is 0. The third-order valence-electron chi connectivity index (χ3n) is 5.17. The lowest BCUT2D eigenvalue weighted by Gasteiger charge is -2.32. The molecule has 1 heterocycles. The minimum atomic E-state index is -5.08. The molecule has 1 N–H and O–H groups in total. The lowest BCUT2D eigenvalue weighted by molar-refractivity contribution is -0.143. The van der Waals surface area contributed by atoms with Gasteiger partial charge in [0.1, 0.15) is 0 Å². The van der Waals surface area contributed by atoms with Crippen molar-refractivity contribution in [3.63, 3.8) is 0 Å². The average molecular weight is 548 g/mol. The van der Waals surface area contributed by atoms with Crippen LogP contribution in [0.3, 0.4) is 0 Å². The monoisotopic (exact) mass is 546 g/mol. The smallest absolute Gasteiger partial charge is 0.338 e. The van der Waals surface area contributed by atoms with Crippen LogP contribution in [0.25, 0.3) is 0 Å². The predicted molar refractivity (Wildman–Crippen MR) is 115 cm³/mol. The van der Waals surface area contributed by atoms with Crippen molar-refractivity contribution in [2.24, 2.45) is 5.92 Å². The van der Waals surface area contributed by atoms with E-state index in [1.165, 1.54) is 12.1 Å². The SMILES string of the molecule is O=C(Nc1cc(Cl)c(Cl)c(Cl)c1)C1CCCN(C(=O)c2cc(C(F)(F)F)cc(C(F)(F)F)c2)C1. The Morgan fingerprint density at radius 3 is 1.91 bits per heavy atom. The standard InChI is InChI=1S/C21H15Cl3F6N2O2/c22-15-7-14(8-16(23)17(15)24)31-18(33)10-2-1-3-32(9-10)19(34)11-4-12(20(25,26)27)6-13(5-11)21(28,29)30/h4-8,10H,1-3,9H2,(H,31,33). The second-order valence-corrected chi connectivity index (χ2v) is 8.82. The zero-order chi connectivity index (χ0) is 25.4. The Hall–Kier alpha value is -2.17. The van der Waals surface area contributed by atoms with E-state index < -0.39 is 46.8 Å². The van der Waals surface area contributed by atoms with Crippen molar-refractivity contribution in [1.82, 2.24) is 4.90 Å². The number of anilines is 1. The van der Waals surface area contributed by atoms with Gasteiger partial charge in [0.2, 0.25) is 5.91 Å². The number of hydrogen-bond donors (Lipinski definition) is 1. The molecule has 1 aliphatic rings. The molecule has 2 aromatic rings. The summed E-state index contributed by atoms with van der Waals surface area (Å²) in [5.74, 6) is -2.32. The average Bonchev–Trinajstić information content (AvgIpc) is 2.75. The van der Waals surface area contributed by atoms with Crippen molar-refractivity contribution in [3.05, 3.63) is 62.1 Å². The lowest BCUT2D eigenvalue weighted by atomic mass is 9.95. The van der Waals surface area contributed by atoms with Crippen LogP contribution in [0.2, 0.25) is 15.1 Å². The van der Waals surface area contributed by atoms with E-state index in [9.17, 15) is 35.9 Å². The molecule has 0 saturated carbocycles. The number of halogens is 9. The molecule has 1 saturated heterocycles. The first-order valence-electron chi connectivity index (χ1n) is 9.71. The topological polar surface area (TPSA) is 49.4 Å². The molecule has 1 aliphatic heterocycles. The molecule has 13 heteroatoms. The molecule has 0 bridgehead atoms. The largest absolute Gasteiger partial charge is 0.416 e. The molecule has 2 aromatic carbocycles. The van der Waals surface area contributed by atoms with Gasteiger partial charge in [0.15, 0.2) is 0 Å². The molecular weight excluding hydrogens is 533 g/mol. The van der Waals surface area contributed by atoms with Crippen LogP contribution >= 0.6 is 34.8 Å². The fourth-order valence-corrected chi connectivity index (χ4v) is 4.10. The molecule has 34 heavy (non-hydrogen) atoms. The first kappa shape index (κ1) is 26.4. The molecule has 0 spiro atoms. The van der Waals surface area contributed by atoms with Crippen LogP contribution < -0.4 is 5.32 Å². The third kappa shape index (κ3) is 6.09. The van der Waals surface area contributed by atoms with Gasteiger partial charge < -0.3 is 10.2 Å². The number of amides is 2. The molecule has 1 atom stereocenters. The van der Waals surface area contributed by atoms with Crippen LogP contribution in [0.1, 0.15) is 34.3 Å². The number of carbonyl (C=O) groups is 2. The third-order valence-corrected chi connectivity index (χ3v) is 6.36. The van der Waals surface area contributed by atoms with Crippen molar-refractivity contribution in [2.75, 3.05) is 18.4 Å². The first-order valence-corrected chi connectivity index (χ1v) is 10.8. The number of rotatable bonds is 3. The molecule has 0 aromatic heterocycles. The maximum Gasteiger partial charge on any atom is 0.416 e. The van der Waals surface area contributed by atoms with Crippen molar-refractivity contribution in [2.45, 2.75) is 25.2 Å². The van der Waals surface area contributed by atoms with E-state index in [-0.39, 0.29) is 39.9 Å². The van der Waals surface area contributed by atoms with Crippen LogP contribution in [-0.4, -0.2) is 29.8 Å². The summed E-state index contributed by atoms with van der Waals surface area (Å²) in [6.07, 6.45) is -9.50. The Labute approximate surface area is 204 Å². The summed E-state index contributed by atoms with van der Waals surface area (Å²) in [6, 6.07) is 3.42. The van der Waals surface area contributed by atoms with E-state index in [2.05, 4.69) is 5.32 Å². The van der Waals surface area contributed by atoms with Crippen molar-refractivity contribution < 1.29 is 35.9 Å². The molecule has 1 fully saturated rings. The van der Waals surface area contributed by atoms with Gasteiger partial charge in [-0.3, -0.25) is 9.59 Å². The molecule has 2 amide bonds. The fraction of sp³-hybridized carbons (Fsp3) is 0.333. The zero-order valence-corrected chi connectivity index (χ0v) is 19.2. The second-order valence-electron chi connectivity index (χ2n) is 7.63. The van der Waals surface area contributed by atoms with Gasteiger partial charge in [0, 0.05) is 24.3 Å². The molecular formula is C21H15Cl3F6N2O2. The number of nitrogens with one attached hydrogen (secondary N) is 1. The summed E-state index contributed by atoms with van der Waals surface area (Å²) in [4.78, 5) is 26.6. The van der Waals surface area contributed by atoms with Gasteiger partial charge in [-0.1, -0.05) is 34.8 Å². The normalized spacial score (nSPS) is 17.0. The predicted octanol–water partition coefficient (Wildman–Crippen LogP) is 7.18. The Morgan fingerprint density at radius 2 is 1.41 bits per heavy atom. The molecule has 0 radical (unpaired) electrons. The Bertz CT molecular complexity index is 1070. The Balaban J connectivity index is 1.81. The fourth-order valence-electron chi connectivity index (χ4n) is 3.51. The van der Waals surface area contributed by atoms with Crippen LogP contribution in [-0.2, 0) is 17.1 Å². The number of nitrogens with zero attached hydrogens (tertiary/aromatic N) is 1. The first-order chi connectivity index (χ1) is 15.7. The van der Waals surface area contributed by atoms with Crippen LogP contribution in [0.4, 0.5) is 32.0 Å². The van der Waals surface area contributed by atoms with Crippen molar-refractivity contribution in [3.8, 4) is 0 Å². The Morgan fingerprint density at radius 1 is 0.882 bits per heavy atom. The van der Waals surface area contributed by atoms with E-state index in [1.54, 1.807) is 0 Å². The van der Waals surface area contributed by atoms with E-state index in [0.29, 0.717) is 25.0 Å². The number of hydrogen-bond acceptors (Lipinski definition) is 2. The summed E-state index contributed by atoms with van der Waals surface area (Å²) in [6.45, 7) is -0.129. The van der Waals surface area contributed by atoms with Crippen LogP contribution in [0, 0.1) is 5.92 Å². The number of piperidine rings is 1. The molecule has 0 aliphatic carbocycles. The van der Waals surface area contributed by atoms with Gasteiger partial charge in [-0.05, 0) is 43.2 Å². The van der Waals surface area contributed by atoms with Gasteiger partial charge >= 0.3 is 12.4 Å². The maximum atomic E-state index is 13.1. The van der Waals surface area contributed by atoms with E-state index in [0.717, 1.165) is 4.90 Å². The lowest BCUT2D eigenvalue weighted by Crippen LogP contribution is -2.43. The summed E-state index contributed by atoms with van der Waals surface area (Å²) in [5.41, 5.74) is -3.71. The van der Waals surface area contributed by atoms with Gasteiger partial charge in [0.25, 0.3) is 5.91 Å². The second kappa shape index (κ2) is 9.83. The van der Waals surface area contributed by atoms with E-state index in [1.807, 2.05) is 0 Å². The molecule has 4 nitrogen and oxygen atoms in total.